The Balaban J connectivity index is 1.43. The summed E-state index contributed by atoms with van der Waals surface area (Å²) in [6.45, 7) is 6.76. The molecule has 0 saturated carbocycles. The number of carbonyl (C=O) groups is 1. The van der Waals surface area contributed by atoms with Gasteiger partial charge in [-0.15, -0.1) is 11.3 Å². The van der Waals surface area contributed by atoms with Crippen molar-refractivity contribution in [2.24, 2.45) is 0 Å². The number of amides is 1. The van der Waals surface area contributed by atoms with Crippen molar-refractivity contribution in [3.63, 3.8) is 0 Å². The number of hydrogen-bond donors (Lipinski definition) is 1. The van der Waals surface area contributed by atoms with Gasteiger partial charge in [-0.3, -0.25) is 15.0 Å². The number of aryl methyl sites for hydroxylation is 1. The zero-order valence-corrected chi connectivity index (χ0v) is 16.0. The number of nitrogens with zero attached hydrogens (tertiary/aromatic N) is 2. The molecule has 1 fully saturated rings. The van der Waals surface area contributed by atoms with Crippen LogP contribution in [0.15, 0.2) is 41.8 Å². The van der Waals surface area contributed by atoms with E-state index in [9.17, 15) is 4.79 Å². The van der Waals surface area contributed by atoms with Gasteiger partial charge < -0.3 is 4.90 Å². The van der Waals surface area contributed by atoms with Gasteiger partial charge in [-0.25, -0.2) is 0 Å². The Hall–Kier alpha value is -1.76. The van der Waals surface area contributed by atoms with Gasteiger partial charge in [-0.2, -0.15) is 0 Å². The van der Waals surface area contributed by atoms with E-state index in [0.717, 1.165) is 44.7 Å². The Morgan fingerprint density at radius 3 is 2.52 bits per heavy atom. The van der Waals surface area contributed by atoms with Gasteiger partial charge in [0.2, 0.25) is 0 Å². The molecule has 0 aliphatic carbocycles. The summed E-state index contributed by atoms with van der Waals surface area (Å²) in [4.78, 5) is 18.3. The fourth-order valence-electron chi connectivity index (χ4n) is 2.85. The average molecular weight is 374 g/mol. The highest BCUT2D eigenvalue weighted by Gasteiger charge is 2.20. The van der Waals surface area contributed by atoms with Gasteiger partial charge >= 0.3 is 0 Å². The fourth-order valence-corrected chi connectivity index (χ4v) is 3.82. The van der Waals surface area contributed by atoms with Crippen molar-refractivity contribution in [1.29, 1.82) is 0 Å². The summed E-state index contributed by atoms with van der Waals surface area (Å²) in [6, 6.07) is 11.8. The van der Waals surface area contributed by atoms with Crippen molar-refractivity contribution in [2.45, 2.75) is 13.3 Å². The van der Waals surface area contributed by atoms with Crippen LogP contribution in [0.1, 0.15) is 20.8 Å². The van der Waals surface area contributed by atoms with Crippen LogP contribution in [0.4, 0.5) is 0 Å². The summed E-state index contributed by atoms with van der Waals surface area (Å²) in [5.74, 6) is -0.134. The van der Waals surface area contributed by atoms with Gasteiger partial charge in [0.15, 0.2) is 5.11 Å². The normalized spacial score (nSPS) is 15.2. The Morgan fingerprint density at radius 1 is 1.16 bits per heavy atom. The van der Waals surface area contributed by atoms with Crippen LogP contribution >= 0.6 is 23.6 Å². The van der Waals surface area contributed by atoms with Gasteiger partial charge in [0, 0.05) is 43.2 Å². The molecule has 1 aliphatic rings. The molecule has 0 atom stereocenters. The third kappa shape index (κ3) is 5.11. The first-order valence-corrected chi connectivity index (χ1v) is 9.82. The molecule has 2 aromatic rings. The highest BCUT2D eigenvalue weighted by molar-refractivity contribution is 7.80. The summed E-state index contributed by atoms with van der Waals surface area (Å²) in [5, 5.41) is 5.51. The molecule has 6 heteroatoms. The van der Waals surface area contributed by atoms with E-state index in [4.69, 9.17) is 12.2 Å². The first-order chi connectivity index (χ1) is 12.1. The Morgan fingerprint density at radius 2 is 1.88 bits per heavy atom. The van der Waals surface area contributed by atoms with Crippen LogP contribution in [-0.4, -0.2) is 53.5 Å². The van der Waals surface area contributed by atoms with Crippen LogP contribution in [-0.2, 0) is 6.42 Å². The van der Waals surface area contributed by atoms with E-state index in [1.165, 1.54) is 4.88 Å². The molecule has 2 heterocycles. The quantitative estimate of drug-likeness (QED) is 0.836. The lowest BCUT2D eigenvalue weighted by atomic mass is 10.1. The second kappa shape index (κ2) is 8.56. The number of hydrogen-bond acceptors (Lipinski definition) is 4. The van der Waals surface area contributed by atoms with Crippen LogP contribution < -0.4 is 5.32 Å². The third-order valence-electron chi connectivity index (χ3n) is 4.45. The second-order valence-electron chi connectivity index (χ2n) is 6.28. The molecule has 25 heavy (non-hydrogen) atoms. The number of rotatable bonds is 4. The van der Waals surface area contributed by atoms with Gasteiger partial charge in [-0.1, -0.05) is 23.8 Å². The van der Waals surface area contributed by atoms with E-state index >= 15 is 0 Å². The predicted molar refractivity (Wildman–Crippen MR) is 107 cm³/mol. The van der Waals surface area contributed by atoms with Gasteiger partial charge in [0.1, 0.15) is 0 Å². The summed E-state index contributed by atoms with van der Waals surface area (Å²) in [7, 11) is 0. The maximum atomic E-state index is 12.3. The number of benzene rings is 1. The first kappa shape index (κ1) is 18.0. The molecule has 4 nitrogen and oxygen atoms in total. The van der Waals surface area contributed by atoms with Crippen molar-refractivity contribution >= 4 is 34.6 Å². The molecule has 0 spiro atoms. The van der Waals surface area contributed by atoms with E-state index in [-0.39, 0.29) is 5.91 Å². The van der Waals surface area contributed by atoms with Crippen LogP contribution in [0.25, 0.3) is 0 Å². The van der Waals surface area contributed by atoms with E-state index in [1.54, 1.807) is 0 Å². The summed E-state index contributed by atoms with van der Waals surface area (Å²) in [6.07, 6.45) is 1.10. The Labute approximate surface area is 158 Å². The van der Waals surface area contributed by atoms with E-state index < -0.39 is 0 Å². The van der Waals surface area contributed by atoms with Gasteiger partial charge in [-0.05, 0) is 49.1 Å². The van der Waals surface area contributed by atoms with Crippen molar-refractivity contribution < 1.29 is 4.79 Å². The smallest absolute Gasteiger partial charge is 0.257 e. The molecular formula is C19H23N3OS2. The number of nitrogens with one attached hydrogen (secondary N) is 1. The summed E-state index contributed by atoms with van der Waals surface area (Å²) >= 11 is 7.24. The van der Waals surface area contributed by atoms with Crippen LogP contribution in [0.3, 0.4) is 0 Å². The summed E-state index contributed by atoms with van der Waals surface area (Å²) < 4.78 is 0. The standard InChI is InChI=1S/C19H23N3OS2/c1-15-4-6-16(7-5-15)18(23)20-19(24)22-12-10-21(11-13-22)9-8-17-3-2-14-25-17/h2-7,14H,8-13H2,1H3,(H,20,23,24). The molecule has 1 N–H and O–H groups in total. The molecular weight excluding hydrogens is 350 g/mol. The number of thiophene rings is 1. The Bertz CT molecular complexity index is 705. The topological polar surface area (TPSA) is 35.6 Å². The summed E-state index contributed by atoms with van der Waals surface area (Å²) in [5.41, 5.74) is 1.78. The third-order valence-corrected chi connectivity index (χ3v) is 5.74. The molecule has 1 aromatic heterocycles. The van der Waals surface area contributed by atoms with Gasteiger partial charge in [0.25, 0.3) is 5.91 Å². The minimum absolute atomic E-state index is 0.134. The van der Waals surface area contributed by atoms with E-state index in [2.05, 4.69) is 32.6 Å². The SMILES string of the molecule is Cc1ccc(C(=O)NC(=S)N2CCN(CCc3cccs3)CC2)cc1. The maximum Gasteiger partial charge on any atom is 0.257 e. The molecule has 1 aromatic carbocycles. The maximum absolute atomic E-state index is 12.3. The molecule has 1 aliphatic heterocycles. The zero-order chi connectivity index (χ0) is 17.6. The van der Waals surface area contributed by atoms with Crippen LogP contribution in [0, 0.1) is 6.92 Å². The molecule has 132 valence electrons. The van der Waals surface area contributed by atoms with E-state index in [0.29, 0.717) is 10.7 Å². The van der Waals surface area contributed by atoms with E-state index in [1.807, 2.05) is 42.5 Å². The monoisotopic (exact) mass is 373 g/mol. The van der Waals surface area contributed by atoms with Crippen molar-refractivity contribution in [2.75, 3.05) is 32.7 Å². The van der Waals surface area contributed by atoms with Crippen molar-refractivity contribution in [3.8, 4) is 0 Å². The number of carbonyl (C=O) groups excluding carboxylic acids is 1. The minimum atomic E-state index is -0.134. The second-order valence-corrected chi connectivity index (χ2v) is 7.70. The highest BCUT2D eigenvalue weighted by Crippen LogP contribution is 2.11. The number of piperazine rings is 1. The minimum Gasteiger partial charge on any atom is -0.346 e. The molecule has 0 radical (unpaired) electrons. The number of thiocarbonyl (C=S) groups is 1. The average Bonchev–Trinajstić information content (AvgIpc) is 3.14. The molecule has 3 rings (SSSR count). The van der Waals surface area contributed by atoms with Crippen molar-refractivity contribution in [3.05, 3.63) is 57.8 Å². The zero-order valence-electron chi connectivity index (χ0n) is 14.4. The van der Waals surface area contributed by atoms with Crippen molar-refractivity contribution in [1.82, 2.24) is 15.1 Å². The predicted octanol–water partition coefficient (Wildman–Crippen LogP) is 2.93. The Kier molecular flexibility index (Phi) is 6.18. The molecule has 0 bridgehead atoms. The first-order valence-electron chi connectivity index (χ1n) is 8.53. The highest BCUT2D eigenvalue weighted by atomic mass is 32.1. The molecule has 1 amide bonds. The molecule has 0 unspecified atom stereocenters. The fraction of sp³-hybridized carbons (Fsp3) is 0.368. The van der Waals surface area contributed by atoms with Crippen LogP contribution in [0.5, 0.6) is 0 Å². The lowest BCUT2D eigenvalue weighted by Gasteiger charge is -2.35. The van der Waals surface area contributed by atoms with Crippen LogP contribution in [0.2, 0.25) is 0 Å². The lowest BCUT2D eigenvalue weighted by Crippen LogP contribution is -2.52. The van der Waals surface area contributed by atoms with Gasteiger partial charge in [0.05, 0.1) is 0 Å². The largest absolute Gasteiger partial charge is 0.346 e. The molecule has 1 saturated heterocycles. The lowest BCUT2D eigenvalue weighted by molar-refractivity contribution is 0.0969.